The van der Waals surface area contributed by atoms with Gasteiger partial charge in [-0.3, -0.25) is 4.79 Å². The molecular weight excluding hydrogens is 396 g/mol. The van der Waals surface area contributed by atoms with Gasteiger partial charge in [0.15, 0.2) is 0 Å². The standard InChI is InChI=1S/C24H28N2O5/c1-6-30-23(27)21-16(4)25-24(28)26-22(21)17-10-11-20(29-5)18(12-17)13-31-19-9-7-8-14(2)15(19)3/h7-12,21-22H,6,13H2,1-5H3,(H,26,28). The second kappa shape index (κ2) is 9.64. The van der Waals surface area contributed by atoms with Crippen LogP contribution in [-0.2, 0) is 16.1 Å². The van der Waals surface area contributed by atoms with Gasteiger partial charge in [0, 0.05) is 11.3 Å². The van der Waals surface area contributed by atoms with E-state index >= 15 is 0 Å². The fraction of sp³-hybridized carbons (Fsp3) is 0.375. The van der Waals surface area contributed by atoms with Crippen molar-refractivity contribution in [1.29, 1.82) is 0 Å². The number of aryl methyl sites for hydroxylation is 1. The molecule has 1 heterocycles. The Kier molecular flexibility index (Phi) is 6.95. The van der Waals surface area contributed by atoms with Crippen LogP contribution in [0.15, 0.2) is 41.4 Å². The summed E-state index contributed by atoms with van der Waals surface area (Å²) in [5.41, 5.74) is 4.21. The van der Waals surface area contributed by atoms with E-state index in [1.54, 1.807) is 21.0 Å². The Morgan fingerprint density at radius 1 is 1.13 bits per heavy atom. The van der Waals surface area contributed by atoms with Crippen LogP contribution in [0.2, 0.25) is 0 Å². The van der Waals surface area contributed by atoms with Crippen LogP contribution in [0.4, 0.5) is 4.79 Å². The molecule has 7 heteroatoms. The minimum Gasteiger partial charge on any atom is -0.496 e. The van der Waals surface area contributed by atoms with Gasteiger partial charge in [-0.25, -0.2) is 9.79 Å². The zero-order valence-corrected chi connectivity index (χ0v) is 18.5. The Labute approximate surface area is 182 Å². The molecule has 0 bridgehead atoms. The molecule has 2 aromatic carbocycles. The number of nitrogens with one attached hydrogen (secondary N) is 1. The maximum Gasteiger partial charge on any atom is 0.341 e. The van der Waals surface area contributed by atoms with Gasteiger partial charge in [0.1, 0.15) is 24.0 Å². The number of benzene rings is 2. The molecule has 1 N–H and O–H groups in total. The zero-order chi connectivity index (χ0) is 22.5. The van der Waals surface area contributed by atoms with Gasteiger partial charge in [-0.15, -0.1) is 0 Å². The Balaban J connectivity index is 1.92. The summed E-state index contributed by atoms with van der Waals surface area (Å²) in [4.78, 5) is 28.6. The molecule has 2 aromatic rings. The molecule has 0 radical (unpaired) electrons. The molecule has 0 spiro atoms. The molecule has 1 aliphatic heterocycles. The van der Waals surface area contributed by atoms with E-state index < -0.39 is 24.0 Å². The Hall–Kier alpha value is -3.35. The lowest BCUT2D eigenvalue weighted by Gasteiger charge is -2.30. The summed E-state index contributed by atoms with van der Waals surface area (Å²) in [6.07, 6.45) is 0. The third-order valence-corrected chi connectivity index (χ3v) is 5.48. The molecule has 164 valence electrons. The average Bonchev–Trinajstić information content (AvgIpc) is 2.74. The molecule has 0 aliphatic carbocycles. The molecule has 31 heavy (non-hydrogen) atoms. The van der Waals surface area contributed by atoms with Crippen LogP contribution >= 0.6 is 0 Å². The van der Waals surface area contributed by atoms with Crippen molar-refractivity contribution >= 4 is 17.7 Å². The number of hydrogen-bond donors (Lipinski definition) is 1. The van der Waals surface area contributed by atoms with Crippen molar-refractivity contribution in [2.75, 3.05) is 13.7 Å². The highest BCUT2D eigenvalue weighted by Crippen LogP contribution is 2.32. The van der Waals surface area contributed by atoms with Crippen molar-refractivity contribution < 1.29 is 23.8 Å². The summed E-state index contributed by atoms with van der Waals surface area (Å²) in [5, 5.41) is 2.80. The van der Waals surface area contributed by atoms with E-state index in [1.165, 1.54) is 0 Å². The number of urea groups is 1. The van der Waals surface area contributed by atoms with Crippen molar-refractivity contribution in [2.24, 2.45) is 10.9 Å². The summed E-state index contributed by atoms with van der Waals surface area (Å²) in [6, 6.07) is 10.4. The first-order valence-electron chi connectivity index (χ1n) is 10.2. The number of methoxy groups -OCH3 is 1. The predicted molar refractivity (Wildman–Crippen MR) is 118 cm³/mol. The molecule has 2 amide bonds. The maximum atomic E-state index is 12.6. The van der Waals surface area contributed by atoms with Crippen LogP contribution in [0.3, 0.4) is 0 Å². The smallest absolute Gasteiger partial charge is 0.341 e. The monoisotopic (exact) mass is 424 g/mol. The topological polar surface area (TPSA) is 86.2 Å². The molecule has 2 unspecified atom stereocenters. The van der Waals surface area contributed by atoms with Gasteiger partial charge in [0.05, 0.1) is 19.8 Å². The van der Waals surface area contributed by atoms with Crippen molar-refractivity contribution in [1.82, 2.24) is 5.32 Å². The number of amides is 2. The lowest BCUT2D eigenvalue weighted by Crippen LogP contribution is -2.44. The number of ether oxygens (including phenoxy) is 3. The molecule has 0 fully saturated rings. The molecule has 7 nitrogen and oxygen atoms in total. The quantitative estimate of drug-likeness (QED) is 0.670. The SMILES string of the molecule is CCOC(=O)C1C(C)=NC(=O)NC1c1ccc(OC)c(COc2cccc(C)c2C)c1. The first kappa shape index (κ1) is 22.3. The van der Waals surface area contributed by atoms with Crippen molar-refractivity contribution in [3.63, 3.8) is 0 Å². The van der Waals surface area contributed by atoms with Gasteiger partial charge in [0.2, 0.25) is 0 Å². The summed E-state index contributed by atoms with van der Waals surface area (Å²) in [7, 11) is 1.59. The zero-order valence-electron chi connectivity index (χ0n) is 18.5. The molecule has 0 aromatic heterocycles. The van der Waals surface area contributed by atoms with Crippen LogP contribution < -0.4 is 14.8 Å². The molecule has 0 saturated carbocycles. The molecule has 0 saturated heterocycles. The average molecular weight is 424 g/mol. The number of carbonyl (C=O) groups is 2. The van der Waals surface area contributed by atoms with Crippen molar-refractivity contribution in [3.05, 3.63) is 58.7 Å². The molecule has 3 rings (SSSR count). The lowest BCUT2D eigenvalue weighted by molar-refractivity contribution is -0.146. The summed E-state index contributed by atoms with van der Waals surface area (Å²) in [5.74, 6) is 0.344. The first-order valence-corrected chi connectivity index (χ1v) is 10.2. The van der Waals surface area contributed by atoms with Crippen LogP contribution in [0.5, 0.6) is 11.5 Å². The van der Waals surface area contributed by atoms with Crippen LogP contribution in [0.25, 0.3) is 0 Å². The Morgan fingerprint density at radius 2 is 1.90 bits per heavy atom. The second-order valence-corrected chi connectivity index (χ2v) is 7.47. The number of esters is 1. The highest BCUT2D eigenvalue weighted by Gasteiger charge is 2.38. The Morgan fingerprint density at radius 3 is 2.61 bits per heavy atom. The number of hydrogen-bond acceptors (Lipinski definition) is 5. The first-order chi connectivity index (χ1) is 14.8. The van der Waals surface area contributed by atoms with E-state index in [2.05, 4.69) is 10.3 Å². The van der Waals surface area contributed by atoms with Crippen molar-refractivity contribution in [2.45, 2.75) is 40.3 Å². The molecule has 1 aliphatic rings. The van der Waals surface area contributed by atoms with E-state index in [1.807, 2.05) is 50.2 Å². The second-order valence-electron chi connectivity index (χ2n) is 7.47. The number of carbonyl (C=O) groups excluding carboxylic acids is 2. The number of aliphatic imine (C=N–C) groups is 1. The van der Waals surface area contributed by atoms with Gasteiger partial charge in [-0.2, -0.15) is 0 Å². The third-order valence-electron chi connectivity index (χ3n) is 5.48. The van der Waals surface area contributed by atoms with E-state index in [4.69, 9.17) is 14.2 Å². The number of rotatable bonds is 7. The van der Waals surface area contributed by atoms with Gasteiger partial charge in [0.25, 0.3) is 0 Å². The van der Waals surface area contributed by atoms with E-state index in [0.29, 0.717) is 11.5 Å². The third kappa shape index (κ3) is 4.87. The van der Waals surface area contributed by atoms with Gasteiger partial charge in [-0.05, 0) is 62.6 Å². The molecule has 2 atom stereocenters. The van der Waals surface area contributed by atoms with Gasteiger partial charge < -0.3 is 19.5 Å². The van der Waals surface area contributed by atoms with E-state index in [0.717, 1.165) is 28.0 Å². The van der Waals surface area contributed by atoms with Crippen LogP contribution in [-0.4, -0.2) is 31.4 Å². The summed E-state index contributed by atoms with van der Waals surface area (Å²) < 4.78 is 16.8. The van der Waals surface area contributed by atoms with Gasteiger partial charge in [-0.1, -0.05) is 18.2 Å². The van der Waals surface area contributed by atoms with Crippen LogP contribution in [0.1, 0.15) is 42.1 Å². The highest BCUT2D eigenvalue weighted by molar-refractivity contribution is 6.08. The summed E-state index contributed by atoms with van der Waals surface area (Å²) in [6.45, 7) is 7.99. The van der Waals surface area contributed by atoms with Crippen LogP contribution in [0, 0.1) is 19.8 Å². The summed E-state index contributed by atoms with van der Waals surface area (Å²) >= 11 is 0. The lowest BCUT2D eigenvalue weighted by atomic mass is 9.87. The number of nitrogens with zero attached hydrogens (tertiary/aromatic N) is 1. The fourth-order valence-corrected chi connectivity index (χ4v) is 3.67. The largest absolute Gasteiger partial charge is 0.496 e. The normalized spacial score (nSPS) is 18.1. The van der Waals surface area contributed by atoms with E-state index in [9.17, 15) is 9.59 Å². The Bertz CT molecular complexity index is 1020. The maximum absolute atomic E-state index is 12.6. The predicted octanol–water partition coefficient (Wildman–Crippen LogP) is 4.30. The van der Waals surface area contributed by atoms with Gasteiger partial charge >= 0.3 is 12.0 Å². The van der Waals surface area contributed by atoms with E-state index in [-0.39, 0.29) is 13.2 Å². The highest BCUT2D eigenvalue weighted by atomic mass is 16.5. The fourth-order valence-electron chi connectivity index (χ4n) is 3.67. The molecular formula is C24H28N2O5. The minimum absolute atomic E-state index is 0.251. The van der Waals surface area contributed by atoms with Crippen molar-refractivity contribution in [3.8, 4) is 11.5 Å². The minimum atomic E-state index is -0.696.